The number of nitrogens with zero attached hydrogens (tertiary/aromatic N) is 2. The van der Waals surface area contributed by atoms with Gasteiger partial charge in [-0.15, -0.1) is 0 Å². The zero-order valence-electron chi connectivity index (χ0n) is 16.7. The van der Waals surface area contributed by atoms with Crippen LogP contribution in [0.2, 0.25) is 5.02 Å². The van der Waals surface area contributed by atoms with E-state index in [9.17, 15) is 4.79 Å². The molecule has 0 aliphatic carbocycles. The minimum Gasteiger partial charge on any atom is -0.496 e. The SMILES string of the molecule is COc1ccccc1C(=O)N1CCOc2c(cc(-c3ccc(Cl)cn3)cc2OC)C1. The van der Waals surface area contributed by atoms with E-state index in [1.165, 1.54) is 0 Å². The maximum absolute atomic E-state index is 13.2. The Morgan fingerprint density at radius 2 is 1.90 bits per heavy atom. The molecule has 2 aromatic carbocycles. The van der Waals surface area contributed by atoms with E-state index in [1.807, 2.05) is 30.3 Å². The third-order valence-corrected chi connectivity index (χ3v) is 5.19. The molecule has 0 unspecified atom stereocenters. The molecule has 154 valence electrons. The number of carbonyl (C=O) groups excluding carboxylic acids is 1. The maximum Gasteiger partial charge on any atom is 0.258 e. The van der Waals surface area contributed by atoms with Crippen LogP contribution in [0.15, 0.2) is 54.7 Å². The zero-order valence-corrected chi connectivity index (χ0v) is 17.5. The number of hydrogen-bond acceptors (Lipinski definition) is 5. The normalized spacial score (nSPS) is 13.1. The number of ether oxygens (including phenoxy) is 3. The van der Waals surface area contributed by atoms with Gasteiger partial charge in [-0.05, 0) is 36.4 Å². The fraction of sp³-hybridized carbons (Fsp3) is 0.217. The van der Waals surface area contributed by atoms with Gasteiger partial charge in [0.25, 0.3) is 5.91 Å². The van der Waals surface area contributed by atoms with Crippen molar-refractivity contribution in [3.8, 4) is 28.5 Å². The molecule has 1 aliphatic heterocycles. The van der Waals surface area contributed by atoms with E-state index in [0.717, 1.165) is 16.8 Å². The number of halogens is 1. The Kier molecular flexibility index (Phi) is 5.77. The average molecular weight is 425 g/mol. The highest BCUT2D eigenvalue weighted by atomic mass is 35.5. The lowest BCUT2D eigenvalue weighted by molar-refractivity contribution is 0.0729. The Morgan fingerprint density at radius 3 is 2.63 bits per heavy atom. The van der Waals surface area contributed by atoms with Crippen molar-refractivity contribution in [1.29, 1.82) is 0 Å². The van der Waals surface area contributed by atoms with E-state index in [-0.39, 0.29) is 5.91 Å². The Bertz CT molecular complexity index is 1070. The first-order chi connectivity index (χ1) is 14.6. The van der Waals surface area contributed by atoms with Gasteiger partial charge >= 0.3 is 0 Å². The van der Waals surface area contributed by atoms with E-state index in [1.54, 1.807) is 43.5 Å². The molecule has 1 amide bonds. The number of para-hydroxylation sites is 1. The lowest BCUT2D eigenvalue weighted by Crippen LogP contribution is -2.32. The van der Waals surface area contributed by atoms with Crippen molar-refractivity contribution in [1.82, 2.24) is 9.88 Å². The minimum atomic E-state index is -0.113. The van der Waals surface area contributed by atoms with Crippen LogP contribution in [0, 0.1) is 0 Å². The number of carbonyl (C=O) groups is 1. The van der Waals surface area contributed by atoms with Crippen molar-refractivity contribution in [2.75, 3.05) is 27.4 Å². The average Bonchev–Trinajstić information content (AvgIpc) is 3.01. The largest absolute Gasteiger partial charge is 0.496 e. The summed E-state index contributed by atoms with van der Waals surface area (Å²) in [4.78, 5) is 19.4. The first-order valence-electron chi connectivity index (χ1n) is 9.48. The topological polar surface area (TPSA) is 60.9 Å². The summed E-state index contributed by atoms with van der Waals surface area (Å²) in [5.41, 5.74) is 2.98. The van der Waals surface area contributed by atoms with Gasteiger partial charge in [0.1, 0.15) is 12.4 Å². The van der Waals surface area contributed by atoms with E-state index >= 15 is 0 Å². The van der Waals surface area contributed by atoms with Crippen molar-refractivity contribution in [3.63, 3.8) is 0 Å². The molecule has 3 aromatic rings. The summed E-state index contributed by atoms with van der Waals surface area (Å²) in [6, 6.07) is 14.7. The maximum atomic E-state index is 13.2. The number of rotatable bonds is 4. The highest BCUT2D eigenvalue weighted by Gasteiger charge is 2.25. The summed E-state index contributed by atoms with van der Waals surface area (Å²) in [6.07, 6.45) is 1.60. The molecule has 4 rings (SSSR count). The molecule has 1 aromatic heterocycles. The Morgan fingerprint density at radius 1 is 1.10 bits per heavy atom. The third kappa shape index (κ3) is 3.91. The van der Waals surface area contributed by atoms with Crippen molar-refractivity contribution in [2.45, 2.75) is 6.54 Å². The lowest BCUT2D eigenvalue weighted by Gasteiger charge is -2.21. The van der Waals surface area contributed by atoms with Crippen LogP contribution in [-0.4, -0.2) is 43.2 Å². The van der Waals surface area contributed by atoms with Crippen LogP contribution in [0.3, 0.4) is 0 Å². The van der Waals surface area contributed by atoms with E-state index in [4.69, 9.17) is 25.8 Å². The Labute approximate surface area is 180 Å². The molecule has 6 nitrogen and oxygen atoms in total. The van der Waals surface area contributed by atoms with Gasteiger partial charge < -0.3 is 19.1 Å². The molecule has 2 heterocycles. The number of hydrogen-bond donors (Lipinski definition) is 0. The third-order valence-electron chi connectivity index (χ3n) is 4.97. The van der Waals surface area contributed by atoms with Crippen LogP contribution in [0.25, 0.3) is 11.3 Å². The van der Waals surface area contributed by atoms with E-state index in [2.05, 4.69) is 4.98 Å². The van der Waals surface area contributed by atoms with Crippen LogP contribution < -0.4 is 14.2 Å². The van der Waals surface area contributed by atoms with Gasteiger partial charge in [-0.3, -0.25) is 9.78 Å². The van der Waals surface area contributed by atoms with Gasteiger partial charge in [0.05, 0.1) is 37.0 Å². The van der Waals surface area contributed by atoms with Crippen LogP contribution in [0.5, 0.6) is 17.2 Å². The number of amides is 1. The first kappa shape index (κ1) is 20.0. The highest BCUT2D eigenvalue weighted by Crippen LogP contribution is 2.38. The molecule has 0 saturated heterocycles. The Balaban J connectivity index is 1.71. The molecular formula is C23H21ClN2O4. The number of pyridine rings is 1. The lowest BCUT2D eigenvalue weighted by atomic mass is 10.0. The zero-order chi connectivity index (χ0) is 21.1. The van der Waals surface area contributed by atoms with Crippen molar-refractivity contribution < 1.29 is 19.0 Å². The van der Waals surface area contributed by atoms with Crippen molar-refractivity contribution in [3.05, 3.63) is 70.9 Å². The monoisotopic (exact) mass is 424 g/mol. The van der Waals surface area contributed by atoms with Gasteiger partial charge in [0.15, 0.2) is 11.5 Å². The van der Waals surface area contributed by atoms with Crippen molar-refractivity contribution in [2.24, 2.45) is 0 Å². The van der Waals surface area contributed by atoms with Crippen LogP contribution in [0.1, 0.15) is 15.9 Å². The second-order valence-electron chi connectivity index (χ2n) is 6.80. The fourth-order valence-electron chi connectivity index (χ4n) is 3.49. The molecule has 0 saturated carbocycles. The Hall–Kier alpha value is -3.25. The molecule has 0 radical (unpaired) electrons. The number of methoxy groups -OCH3 is 2. The predicted octanol–water partition coefficient (Wildman–Crippen LogP) is 4.45. The summed E-state index contributed by atoms with van der Waals surface area (Å²) >= 11 is 5.97. The molecule has 30 heavy (non-hydrogen) atoms. The second kappa shape index (κ2) is 8.63. The minimum absolute atomic E-state index is 0.113. The molecule has 7 heteroatoms. The van der Waals surface area contributed by atoms with E-state index in [0.29, 0.717) is 47.5 Å². The second-order valence-corrected chi connectivity index (χ2v) is 7.24. The number of aromatic nitrogens is 1. The number of benzene rings is 2. The molecule has 1 aliphatic rings. The van der Waals surface area contributed by atoms with E-state index < -0.39 is 0 Å². The summed E-state index contributed by atoms with van der Waals surface area (Å²) in [7, 11) is 3.16. The van der Waals surface area contributed by atoms with Crippen LogP contribution >= 0.6 is 11.6 Å². The fourth-order valence-corrected chi connectivity index (χ4v) is 3.61. The predicted molar refractivity (Wildman–Crippen MR) is 114 cm³/mol. The molecule has 0 fully saturated rings. The van der Waals surface area contributed by atoms with Crippen molar-refractivity contribution >= 4 is 17.5 Å². The smallest absolute Gasteiger partial charge is 0.258 e. The summed E-state index contributed by atoms with van der Waals surface area (Å²) in [6.45, 7) is 1.19. The quantitative estimate of drug-likeness (QED) is 0.619. The van der Waals surface area contributed by atoms with Gasteiger partial charge in [-0.2, -0.15) is 0 Å². The summed E-state index contributed by atoms with van der Waals surface area (Å²) < 4.78 is 16.9. The number of fused-ring (bicyclic) bond motifs is 1. The van der Waals surface area contributed by atoms with Gasteiger partial charge in [-0.25, -0.2) is 0 Å². The van der Waals surface area contributed by atoms with Crippen LogP contribution in [-0.2, 0) is 6.54 Å². The highest BCUT2D eigenvalue weighted by molar-refractivity contribution is 6.30. The molecule has 0 atom stereocenters. The summed E-state index contributed by atoms with van der Waals surface area (Å²) in [5.74, 6) is 1.68. The van der Waals surface area contributed by atoms with Gasteiger partial charge in [0.2, 0.25) is 0 Å². The van der Waals surface area contributed by atoms with Gasteiger partial charge in [-0.1, -0.05) is 23.7 Å². The first-order valence-corrected chi connectivity index (χ1v) is 9.86. The van der Waals surface area contributed by atoms with Crippen LogP contribution in [0.4, 0.5) is 0 Å². The molecule has 0 N–H and O–H groups in total. The molecule has 0 spiro atoms. The standard InChI is InChI=1S/C23H21ClN2O4/c1-28-20-6-4-3-5-18(20)23(27)26-9-10-30-22-16(14-26)11-15(12-21(22)29-2)19-8-7-17(24)13-25-19/h3-8,11-13H,9-10,14H2,1-2H3. The molecular weight excluding hydrogens is 404 g/mol. The van der Waals surface area contributed by atoms with Gasteiger partial charge in [0, 0.05) is 23.9 Å². The molecule has 0 bridgehead atoms. The summed E-state index contributed by atoms with van der Waals surface area (Å²) in [5, 5.41) is 0.567.